The Hall–Kier alpha value is -1.91. The fraction of sp³-hybridized carbons (Fsp3) is 0.577. The second-order valence-electron chi connectivity index (χ2n) is 9.09. The molecule has 4 nitrogen and oxygen atoms in total. The minimum atomic E-state index is -0.676. The van der Waals surface area contributed by atoms with Crippen LogP contribution in [0.1, 0.15) is 70.6 Å². The van der Waals surface area contributed by atoms with Crippen molar-refractivity contribution in [2.45, 2.75) is 66.0 Å². The Morgan fingerprint density at radius 2 is 2.10 bits per heavy atom. The molecule has 30 heavy (non-hydrogen) atoms. The van der Waals surface area contributed by atoms with Crippen LogP contribution in [0.3, 0.4) is 0 Å². The lowest BCUT2D eigenvalue weighted by Gasteiger charge is -2.27. The molecule has 4 heteroatoms. The molecule has 3 unspecified atom stereocenters. The van der Waals surface area contributed by atoms with E-state index < -0.39 is 6.23 Å². The first kappa shape index (κ1) is 21.3. The van der Waals surface area contributed by atoms with E-state index in [0.29, 0.717) is 23.3 Å². The van der Waals surface area contributed by atoms with Gasteiger partial charge < -0.3 is 9.52 Å². The first-order valence-electron chi connectivity index (χ1n) is 11.6. The van der Waals surface area contributed by atoms with Crippen LogP contribution < -0.4 is 0 Å². The van der Waals surface area contributed by atoms with Crippen molar-refractivity contribution in [1.82, 2.24) is 9.88 Å². The van der Waals surface area contributed by atoms with E-state index in [0.717, 1.165) is 38.3 Å². The summed E-state index contributed by atoms with van der Waals surface area (Å²) in [5, 5.41) is 10.7. The van der Waals surface area contributed by atoms with Crippen LogP contribution >= 0.6 is 0 Å². The van der Waals surface area contributed by atoms with Gasteiger partial charge in [-0.25, -0.2) is 4.98 Å². The largest absolute Gasteiger partial charge is 0.448 e. The number of aliphatic hydroxyl groups excluding tert-OH is 1. The number of rotatable bonds is 7. The molecule has 162 valence electrons. The number of aromatic nitrogens is 1. The fourth-order valence-electron chi connectivity index (χ4n) is 5.32. The zero-order valence-electron chi connectivity index (χ0n) is 18.9. The number of nitrogens with zero attached hydrogens (tertiary/aromatic N) is 2. The minimum absolute atomic E-state index is 0.479. The predicted molar refractivity (Wildman–Crippen MR) is 121 cm³/mol. The molecule has 1 aromatic rings. The highest BCUT2D eigenvalue weighted by Crippen LogP contribution is 2.45. The molecule has 1 saturated heterocycles. The average molecular weight is 409 g/mol. The number of oxazole rings is 1. The van der Waals surface area contributed by atoms with Gasteiger partial charge >= 0.3 is 0 Å². The Labute approximate surface area is 181 Å². The van der Waals surface area contributed by atoms with Crippen LogP contribution in [-0.2, 0) is 0 Å². The number of aliphatic hydroxyl groups is 1. The molecule has 0 spiro atoms. The first-order chi connectivity index (χ1) is 14.5. The molecule has 1 aliphatic heterocycles. The summed E-state index contributed by atoms with van der Waals surface area (Å²) in [4.78, 5) is 6.34. The monoisotopic (exact) mass is 408 g/mol. The highest BCUT2D eigenvalue weighted by Gasteiger charge is 2.34. The summed E-state index contributed by atoms with van der Waals surface area (Å²) >= 11 is 0. The molecule has 3 atom stereocenters. The van der Waals surface area contributed by atoms with Crippen molar-refractivity contribution in [1.29, 1.82) is 0 Å². The van der Waals surface area contributed by atoms with Gasteiger partial charge in [0, 0.05) is 19.0 Å². The lowest BCUT2D eigenvalue weighted by Crippen LogP contribution is -2.27. The summed E-state index contributed by atoms with van der Waals surface area (Å²) in [7, 11) is 0. The van der Waals surface area contributed by atoms with Gasteiger partial charge in [-0.15, -0.1) is 0 Å². The molecule has 0 aromatic carbocycles. The molecule has 0 bridgehead atoms. The number of likely N-dealkylation sites (tertiary alicyclic amines) is 1. The molecule has 1 aromatic heterocycles. The smallest absolute Gasteiger partial charge is 0.181 e. The topological polar surface area (TPSA) is 49.5 Å². The predicted octanol–water partition coefficient (Wildman–Crippen LogP) is 5.88. The fourth-order valence-corrected chi connectivity index (χ4v) is 5.32. The number of hydrogen-bond donors (Lipinski definition) is 1. The van der Waals surface area contributed by atoms with Gasteiger partial charge in [-0.3, -0.25) is 4.90 Å². The van der Waals surface area contributed by atoms with E-state index in [1.54, 1.807) is 11.1 Å². The van der Waals surface area contributed by atoms with Crippen molar-refractivity contribution in [2.24, 2.45) is 17.8 Å². The van der Waals surface area contributed by atoms with Gasteiger partial charge in [0.15, 0.2) is 12.6 Å². The highest BCUT2D eigenvalue weighted by atomic mass is 16.3. The maximum Gasteiger partial charge on any atom is 0.181 e. The van der Waals surface area contributed by atoms with Gasteiger partial charge in [-0.1, -0.05) is 36.8 Å². The number of aryl methyl sites for hydroxylation is 1. The third-order valence-electron chi connectivity index (χ3n) is 7.02. The van der Waals surface area contributed by atoms with Gasteiger partial charge in [0.25, 0.3) is 0 Å². The van der Waals surface area contributed by atoms with Crippen LogP contribution in [0, 0.1) is 24.7 Å². The lowest BCUT2D eigenvalue weighted by atomic mass is 9.78. The Bertz CT molecular complexity index is 885. The standard InChI is InChI=1S/C26H36N2O2/c1-5-7-24(22(6-2)19-8-9-19)20-10-11-23(17(3)14-20)21-12-13-28(15-21)26(29)25-18(4)30-16-27-25/h6-7,11,14,16,19-21,26,29H,5,8-10,12-13,15H2,1-4H3/b22-6-,24-7-. The number of allylic oxidation sites excluding steroid dienone is 7. The third-order valence-corrected chi connectivity index (χ3v) is 7.02. The zero-order valence-corrected chi connectivity index (χ0v) is 18.9. The maximum absolute atomic E-state index is 10.7. The van der Waals surface area contributed by atoms with Crippen molar-refractivity contribution in [2.75, 3.05) is 13.1 Å². The van der Waals surface area contributed by atoms with Crippen LogP contribution in [0.5, 0.6) is 0 Å². The van der Waals surface area contributed by atoms with Gasteiger partial charge in [-0.05, 0) is 81.4 Å². The first-order valence-corrected chi connectivity index (χ1v) is 11.6. The molecule has 4 rings (SSSR count). The van der Waals surface area contributed by atoms with E-state index in [-0.39, 0.29) is 0 Å². The van der Waals surface area contributed by atoms with Crippen molar-refractivity contribution in [3.8, 4) is 0 Å². The normalized spacial score (nSPS) is 27.2. The van der Waals surface area contributed by atoms with Crippen LogP contribution in [0.25, 0.3) is 0 Å². The van der Waals surface area contributed by atoms with E-state index in [1.807, 2.05) is 6.92 Å². The van der Waals surface area contributed by atoms with Crippen molar-refractivity contribution >= 4 is 0 Å². The number of hydrogen-bond acceptors (Lipinski definition) is 4. The minimum Gasteiger partial charge on any atom is -0.448 e. The van der Waals surface area contributed by atoms with Crippen LogP contribution in [0.2, 0.25) is 0 Å². The van der Waals surface area contributed by atoms with Crippen molar-refractivity contribution < 1.29 is 9.52 Å². The lowest BCUT2D eigenvalue weighted by molar-refractivity contribution is 0.0130. The Morgan fingerprint density at radius 1 is 1.30 bits per heavy atom. The summed E-state index contributed by atoms with van der Waals surface area (Å²) in [6, 6.07) is 0. The van der Waals surface area contributed by atoms with Crippen molar-refractivity contribution in [3.63, 3.8) is 0 Å². The molecule has 1 N–H and O–H groups in total. The van der Waals surface area contributed by atoms with E-state index in [4.69, 9.17) is 4.42 Å². The van der Waals surface area contributed by atoms with Gasteiger partial charge in [0.1, 0.15) is 11.5 Å². The average Bonchev–Trinajstić information content (AvgIpc) is 3.29. The maximum atomic E-state index is 10.7. The van der Waals surface area contributed by atoms with E-state index >= 15 is 0 Å². The van der Waals surface area contributed by atoms with Gasteiger partial charge in [0.05, 0.1) is 0 Å². The van der Waals surface area contributed by atoms with Crippen molar-refractivity contribution in [3.05, 3.63) is 64.4 Å². The quantitative estimate of drug-likeness (QED) is 0.572. The zero-order chi connectivity index (χ0) is 21.3. The molecule has 2 heterocycles. The Balaban J connectivity index is 1.45. The Morgan fingerprint density at radius 3 is 2.70 bits per heavy atom. The second kappa shape index (κ2) is 9.07. The molecular formula is C26H36N2O2. The van der Waals surface area contributed by atoms with Crippen LogP contribution in [0.4, 0.5) is 0 Å². The molecule has 2 fully saturated rings. The van der Waals surface area contributed by atoms with Crippen LogP contribution in [-0.4, -0.2) is 28.1 Å². The van der Waals surface area contributed by atoms with Gasteiger partial charge in [0.2, 0.25) is 0 Å². The highest BCUT2D eigenvalue weighted by molar-refractivity contribution is 5.45. The third kappa shape index (κ3) is 4.26. The van der Waals surface area contributed by atoms with Crippen LogP contribution in [0.15, 0.2) is 57.4 Å². The molecule has 0 amide bonds. The summed E-state index contributed by atoms with van der Waals surface area (Å²) in [5.74, 6) is 2.47. The summed E-state index contributed by atoms with van der Waals surface area (Å²) in [6.45, 7) is 10.3. The molecule has 1 saturated carbocycles. The van der Waals surface area contributed by atoms with E-state index in [1.165, 1.54) is 30.4 Å². The molecule has 0 radical (unpaired) electrons. The molecule has 3 aliphatic rings. The van der Waals surface area contributed by atoms with Gasteiger partial charge in [-0.2, -0.15) is 0 Å². The van der Waals surface area contributed by atoms with E-state index in [9.17, 15) is 5.11 Å². The van der Waals surface area contributed by atoms with E-state index in [2.05, 4.69) is 55.0 Å². The molecular weight excluding hydrogens is 372 g/mol. The second-order valence-corrected chi connectivity index (χ2v) is 9.09. The summed E-state index contributed by atoms with van der Waals surface area (Å²) in [5.41, 5.74) is 6.68. The summed E-state index contributed by atoms with van der Waals surface area (Å²) < 4.78 is 5.28. The summed E-state index contributed by atoms with van der Waals surface area (Å²) in [6.07, 6.45) is 16.5. The molecule has 2 aliphatic carbocycles. The SMILES string of the molecule is C/C=C(\C(=C/CC)C1C=C(C)C(C2CCN(C(O)c3ncoc3C)C2)=CC1)C1CC1. The Kier molecular flexibility index (Phi) is 6.45.